The van der Waals surface area contributed by atoms with Gasteiger partial charge in [0.1, 0.15) is 11.4 Å². The van der Waals surface area contributed by atoms with Crippen LogP contribution >= 0.6 is 0 Å². The lowest BCUT2D eigenvalue weighted by Gasteiger charge is -2.13. The Balaban J connectivity index is 1.73. The molecule has 0 amide bonds. The first-order valence-corrected chi connectivity index (χ1v) is 11.6. The molecule has 0 fully saturated rings. The van der Waals surface area contributed by atoms with E-state index in [0.29, 0.717) is 0 Å². The highest BCUT2D eigenvalue weighted by Gasteiger charge is 2.44. The highest BCUT2D eigenvalue weighted by Crippen LogP contribution is 2.43. The van der Waals surface area contributed by atoms with Crippen LogP contribution in [0.4, 0.5) is 27.8 Å². The predicted molar refractivity (Wildman–Crippen MR) is 113 cm³/mol. The van der Waals surface area contributed by atoms with Crippen molar-refractivity contribution in [3.05, 3.63) is 47.2 Å². The second kappa shape index (κ2) is 9.07. The van der Waals surface area contributed by atoms with Crippen molar-refractivity contribution in [3.63, 3.8) is 0 Å². The van der Waals surface area contributed by atoms with Gasteiger partial charge in [-0.2, -0.15) is 13.2 Å². The van der Waals surface area contributed by atoms with E-state index in [1.54, 1.807) is 13.8 Å². The second-order valence-corrected chi connectivity index (χ2v) is 8.90. The fourth-order valence-electron chi connectivity index (χ4n) is 3.42. The summed E-state index contributed by atoms with van der Waals surface area (Å²) in [7, 11) is 0. The largest absolute Gasteiger partial charge is 0.610 e. The fraction of sp³-hybridized carbons (Fsp3) is 0.333. The lowest BCUT2D eigenvalue weighted by Crippen LogP contribution is -2.25. The Morgan fingerprint density at radius 3 is 2.54 bits per heavy atom. The molecular weight excluding hydrogens is 501 g/mol. The van der Waals surface area contributed by atoms with E-state index in [-0.39, 0.29) is 58.0 Å². The van der Waals surface area contributed by atoms with Crippen LogP contribution in [0.25, 0.3) is 5.65 Å². The first-order valence-electron chi connectivity index (χ1n) is 10.2. The topological polar surface area (TPSA) is 97.2 Å². The molecule has 8 nitrogen and oxygen atoms in total. The zero-order valence-corrected chi connectivity index (χ0v) is 19.1. The van der Waals surface area contributed by atoms with Crippen molar-refractivity contribution >= 4 is 28.6 Å². The van der Waals surface area contributed by atoms with Crippen LogP contribution in [0.2, 0.25) is 0 Å². The molecule has 35 heavy (non-hydrogen) atoms. The summed E-state index contributed by atoms with van der Waals surface area (Å²) in [5.74, 6) is -1.40. The van der Waals surface area contributed by atoms with Crippen LogP contribution in [0, 0.1) is 0 Å². The number of carbonyl (C=O) groups is 1. The third-order valence-corrected chi connectivity index (χ3v) is 6.29. The molecule has 0 bridgehead atoms. The maximum absolute atomic E-state index is 13.5. The van der Waals surface area contributed by atoms with E-state index in [1.165, 1.54) is 0 Å². The van der Waals surface area contributed by atoms with Crippen molar-refractivity contribution < 1.29 is 45.5 Å². The van der Waals surface area contributed by atoms with Crippen LogP contribution in [0.5, 0.6) is 11.5 Å². The number of hydrogen-bond acceptors (Lipinski definition) is 7. The van der Waals surface area contributed by atoms with Crippen LogP contribution in [-0.2, 0) is 28.6 Å². The molecule has 1 unspecified atom stereocenters. The average molecular weight is 519 g/mol. The van der Waals surface area contributed by atoms with Crippen molar-refractivity contribution in [1.29, 1.82) is 0 Å². The Kier molecular flexibility index (Phi) is 6.44. The number of aromatic nitrogens is 2. The van der Waals surface area contributed by atoms with E-state index in [9.17, 15) is 31.3 Å². The highest BCUT2D eigenvalue weighted by atomic mass is 32.2. The molecule has 0 radical (unpaired) electrons. The molecule has 0 spiro atoms. The van der Waals surface area contributed by atoms with E-state index in [4.69, 9.17) is 4.74 Å². The van der Waals surface area contributed by atoms with Gasteiger partial charge in [-0.05, 0) is 43.7 Å². The van der Waals surface area contributed by atoms with E-state index < -0.39 is 35.2 Å². The van der Waals surface area contributed by atoms with Gasteiger partial charge in [0.05, 0.1) is 17.7 Å². The third kappa shape index (κ3) is 4.93. The molecule has 3 heterocycles. The molecule has 3 aromatic rings. The molecule has 1 aliphatic heterocycles. The summed E-state index contributed by atoms with van der Waals surface area (Å²) in [6.45, 7) is 2.96. The number of hydrogen-bond donors (Lipinski definition) is 1. The summed E-state index contributed by atoms with van der Waals surface area (Å²) in [5.41, 5.74) is -0.789. The number of anilines is 1. The lowest BCUT2D eigenvalue weighted by atomic mass is 10.1. The number of imidazole rings is 1. The monoisotopic (exact) mass is 519 g/mol. The van der Waals surface area contributed by atoms with Gasteiger partial charge in [-0.3, -0.25) is 4.40 Å². The van der Waals surface area contributed by atoms with Crippen molar-refractivity contribution in [2.45, 2.75) is 37.9 Å². The molecule has 0 saturated carbocycles. The van der Waals surface area contributed by atoms with Gasteiger partial charge in [0.15, 0.2) is 11.5 Å². The number of esters is 1. The molecule has 188 valence electrons. The van der Waals surface area contributed by atoms with Gasteiger partial charge >= 0.3 is 18.4 Å². The Labute approximate surface area is 198 Å². The number of nitrogens with zero attached hydrogens (tertiary/aromatic N) is 2. The maximum Gasteiger partial charge on any atom is 0.586 e. The second-order valence-electron chi connectivity index (χ2n) is 7.24. The summed E-state index contributed by atoms with van der Waals surface area (Å²) in [5, 5.41) is 2.83. The summed E-state index contributed by atoms with van der Waals surface area (Å²) in [4.78, 5) is 16.6. The number of nitrogens with one attached hydrogen (secondary N) is 1. The first kappa shape index (κ1) is 24.9. The minimum atomic E-state index is -4.62. The standard InChI is InChI=1S/C21H18F5N3O5S/c1-3-32-19(30)13-8-15-14(33-21(25,26)34-15)7-11(13)9-27-17-18(35(31)4-2)29-10-12(20(22,23)24)5-6-16(29)28-17/h5-8,10,27H,3-4,9H2,1-2H3. The smallest absolute Gasteiger partial charge is 0.586 e. The number of ether oxygens (including phenoxy) is 3. The molecule has 1 aliphatic rings. The third-order valence-electron chi connectivity index (χ3n) is 4.95. The van der Waals surface area contributed by atoms with Gasteiger partial charge in [0.25, 0.3) is 5.03 Å². The summed E-state index contributed by atoms with van der Waals surface area (Å²) in [6, 6.07) is 4.19. The number of alkyl halides is 5. The molecule has 0 saturated heterocycles. The lowest BCUT2D eigenvalue weighted by molar-refractivity contribution is -0.286. The Bertz CT molecular complexity index is 1280. The van der Waals surface area contributed by atoms with Gasteiger partial charge in [-0.1, -0.05) is 0 Å². The number of halogens is 5. The first-order chi connectivity index (χ1) is 16.4. The van der Waals surface area contributed by atoms with Crippen LogP contribution in [0.15, 0.2) is 35.5 Å². The number of benzene rings is 1. The molecule has 1 atom stereocenters. The Hall–Kier alpha value is -3.26. The van der Waals surface area contributed by atoms with Crippen LogP contribution in [0.3, 0.4) is 0 Å². The summed E-state index contributed by atoms with van der Waals surface area (Å²) < 4.78 is 94.3. The van der Waals surface area contributed by atoms with Gasteiger partial charge in [0, 0.05) is 23.9 Å². The zero-order valence-electron chi connectivity index (χ0n) is 18.2. The van der Waals surface area contributed by atoms with Crippen molar-refractivity contribution in [2.75, 3.05) is 17.7 Å². The van der Waals surface area contributed by atoms with E-state index in [2.05, 4.69) is 19.8 Å². The molecule has 0 aliphatic carbocycles. The van der Waals surface area contributed by atoms with Crippen LogP contribution in [0.1, 0.15) is 35.3 Å². The van der Waals surface area contributed by atoms with Gasteiger partial charge < -0.3 is 24.1 Å². The van der Waals surface area contributed by atoms with E-state index in [1.807, 2.05) is 0 Å². The minimum Gasteiger partial charge on any atom is -0.610 e. The number of rotatable bonds is 7. The van der Waals surface area contributed by atoms with Crippen LogP contribution in [-0.4, -0.2) is 38.6 Å². The zero-order chi connectivity index (χ0) is 25.5. The molecule has 1 N–H and O–H groups in total. The van der Waals surface area contributed by atoms with Crippen molar-refractivity contribution in [1.82, 2.24) is 9.38 Å². The van der Waals surface area contributed by atoms with E-state index >= 15 is 0 Å². The normalized spacial score (nSPS) is 15.3. The molecule has 14 heteroatoms. The SMILES string of the molecule is CCOC(=O)c1cc2c(cc1CNc1nc3ccc(C(F)(F)F)cn3c1[S+]([O-])CC)OC(F)(F)O2. The maximum atomic E-state index is 13.5. The minimum absolute atomic E-state index is 0.00214. The number of carbonyl (C=O) groups excluding carboxylic acids is 1. The van der Waals surface area contributed by atoms with Crippen LogP contribution < -0.4 is 14.8 Å². The average Bonchev–Trinajstić information content (AvgIpc) is 3.30. The number of pyridine rings is 1. The highest BCUT2D eigenvalue weighted by molar-refractivity contribution is 7.91. The Morgan fingerprint density at radius 2 is 1.91 bits per heavy atom. The quantitative estimate of drug-likeness (QED) is 0.277. The van der Waals surface area contributed by atoms with Gasteiger partial charge in [-0.15, -0.1) is 8.78 Å². The summed E-state index contributed by atoms with van der Waals surface area (Å²) >= 11 is -1.73. The molecule has 1 aromatic carbocycles. The van der Waals surface area contributed by atoms with E-state index in [0.717, 1.165) is 34.9 Å². The Morgan fingerprint density at radius 1 is 1.23 bits per heavy atom. The molecule has 4 rings (SSSR count). The van der Waals surface area contributed by atoms with Crippen molar-refractivity contribution in [2.24, 2.45) is 0 Å². The number of fused-ring (bicyclic) bond motifs is 2. The summed E-state index contributed by atoms with van der Waals surface area (Å²) in [6.07, 6.45) is -7.74. The molecule has 2 aromatic heterocycles. The van der Waals surface area contributed by atoms with Gasteiger partial charge in [0.2, 0.25) is 5.82 Å². The van der Waals surface area contributed by atoms with Crippen molar-refractivity contribution in [3.8, 4) is 11.5 Å². The fourth-order valence-corrected chi connectivity index (χ4v) is 4.40. The predicted octanol–water partition coefficient (Wildman–Crippen LogP) is 4.59. The van der Waals surface area contributed by atoms with Gasteiger partial charge in [-0.25, -0.2) is 9.78 Å². The molecular formula is C21H18F5N3O5S.